The Kier molecular flexibility index (Phi) is 7.93. The molecule has 1 unspecified atom stereocenters. The van der Waals surface area contributed by atoms with Gasteiger partial charge in [-0.05, 0) is 68.3 Å². The highest BCUT2D eigenvalue weighted by atomic mass is 16.2. The van der Waals surface area contributed by atoms with Crippen LogP contribution in [0.3, 0.4) is 0 Å². The molecule has 2 fully saturated rings. The number of likely N-dealkylation sites (tertiary alicyclic amines) is 1. The van der Waals surface area contributed by atoms with Gasteiger partial charge in [0.05, 0.1) is 11.3 Å². The van der Waals surface area contributed by atoms with Crippen molar-refractivity contribution in [2.75, 3.05) is 31.9 Å². The molecule has 2 N–H and O–H groups in total. The predicted octanol–water partition coefficient (Wildman–Crippen LogP) is 5.75. The topological polar surface area (TPSA) is 113 Å². The summed E-state index contributed by atoms with van der Waals surface area (Å²) >= 11 is 0. The third-order valence-corrected chi connectivity index (χ3v) is 9.42. The molecule has 0 spiro atoms. The number of nitrogen functional groups attached to an aromatic ring is 1. The lowest BCUT2D eigenvalue weighted by Crippen LogP contribution is -2.61. The highest BCUT2D eigenvalue weighted by Gasteiger charge is 2.37. The first-order valence-corrected chi connectivity index (χ1v) is 16.1. The fourth-order valence-corrected chi connectivity index (χ4v) is 6.86. The van der Waals surface area contributed by atoms with Crippen molar-refractivity contribution in [1.29, 1.82) is 0 Å². The van der Waals surface area contributed by atoms with Crippen molar-refractivity contribution in [3.8, 4) is 28.3 Å². The number of amides is 3. The molecule has 3 atom stereocenters. The van der Waals surface area contributed by atoms with E-state index in [1.54, 1.807) is 11.1 Å². The van der Waals surface area contributed by atoms with E-state index in [0.717, 1.165) is 40.1 Å². The molecule has 10 nitrogen and oxygen atoms in total. The third-order valence-electron chi connectivity index (χ3n) is 9.42. The minimum atomic E-state index is -0.0896. The smallest absolute Gasteiger partial charge is 0.320 e. The van der Waals surface area contributed by atoms with Crippen LogP contribution in [-0.2, 0) is 4.79 Å². The first-order chi connectivity index (χ1) is 22.8. The molecule has 0 bridgehead atoms. The van der Waals surface area contributed by atoms with E-state index in [-0.39, 0.29) is 29.9 Å². The summed E-state index contributed by atoms with van der Waals surface area (Å²) < 4.78 is 2.04. The quantitative estimate of drug-likeness (QED) is 0.249. The average Bonchev–Trinajstić information content (AvgIpc) is 3.75. The fraction of sp³-hybridized carbons (Fsp3) is 0.270. The number of fused-ring (bicyclic) bond motifs is 1. The van der Waals surface area contributed by atoms with Crippen LogP contribution >= 0.6 is 0 Å². The van der Waals surface area contributed by atoms with Gasteiger partial charge in [-0.2, -0.15) is 0 Å². The molecule has 2 aromatic carbocycles. The van der Waals surface area contributed by atoms with Gasteiger partial charge in [0.1, 0.15) is 11.3 Å². The number of nitrogens with two attached hydrogens (primary N) is 1. The maximum Gasteiger partial charge on any atom is 0.320 e. The molecule has 47 heavy (non-hydrogen) atoms. The molecule has 5 aromatic rings. The zero-order valence-corrected chi connectivity index (χ0v) is 26.7. The Bertz CT molecular complexity index is 1950. The number of urea groups is 1. The monoisotopic (exact) mass is 626 g/mol. The van der Waals surface area contributed by atoms with Crippen molar-refractivity contribution in [3.05, 3.63) is 103 Å². The van der Waals surface area contributed by atoms with Crippen molar-refractivity contribution >= 4 is 28.9 Å². The number of nitrogens with zero attached hydrogens (tertiary/aromatic N) is 7. The first-order valence-electron chi connectivity index (χ1n) is 16.1. The maximum absolute atomic E-state index is 13.6. The average molecular weight is 627 g/mol. The van der Waals surface area contributed by atoms with Crippen molar-refractivity contribution < 1.29 is 9.59 Å². The second kappa shape index (κ2) is 12.4. The highest BCUT2D eigenvalue weighted by molar-refractivity contribution is 5.88. The summed E-state index contributed by atoms with van der Waals surface area (Å²) in [5.41, 5.74) is 12.5. The predicted molar refractivity (Wildman–Crippen MR) is 184 cm³/mol. The molecule has 2 aliphatic heterocycles. The van der Waals surface area contributed by atoms with Gasteiger partial charge in [-0.3, -0.25) is 9.36 Å². The Hall–Kier alpha value is -5.51. The lowest BCUT2D eigenvalue weighted by Gasteiger charge is -2.44. The standard InChI is InChI=1S/C37H38N8O2/c1-4-33(46)43-21-25(3)44(22-24(43)2)37(47)42-20-18-28(23-42)26-12-14-29(15-13-26)45-35(30-11-8-19-39-34(30)38)41-32-17-16-31(40-36(32)45)27-9-6-5-7-10-27/h4-17,19,24-25,28H,1,18,20-23H2,2-3H3,(H2,38,39)/t24-,25+,28?/m1/s1. The van der Waals surface area contributed by atoms with Gasteiger partial charge in [0, 0.05) is 61.6 Å². The fourth-order valence-electron chi connectivity index (χ4n) is 6.86. The molecule has 2 saturated heterocycles. The van der Waals surface area contributed by atoms with Gasteiger partial charge in [0.25, 0.3) is 0 Å². The Morgan fingerprint density at radius 3 is 2.36 bits per heavy atom. The van der Waals surface area contributed by atoms with Gasteiger partial charge in [-0.1, -0.05) is 49.0 Å². The van der Waals surface area contributed by atoms with E-state index in [9.17, 15) is 9.59 Å². The SMILES string of the molecule is C=CC(=O)N1C[C@H](C)N(C(=O)N2CCC(c3ccc(-n4c(-c5cccnc5N)nc5ccc(-c6ccccc6)nc54)cc3)C2)C[C@H]1C. The summed E-state index contributed by atoms with van der Waals surface area (Å²) in [5, 5.41) is 0. The molecule has 238 valence electrons. The van der Waals surface area contributed by atoms with Crippen LogP contribution in [0.1, 0.15) is 31.7 Å². The number of carbonyl (C=O) groups is 2. The van der Waals surface area contributed by atoms with Crippen molar-refractivity contribution in [2.24, 2.45) is 0 Å². The van der Waals surface area contributed by atoms with E-state index in [2.05, 4.69) is 35.8 Å². The Balaban J connectivity index is 1.15. The highest BCUT2D eigenvalue weighted by Crippen LogP contribution is 2.34. The normalized spacial score (nSPS) is 19.7. The number of hydrogen-bond acceptors (Lipinski definition) is 6. The van der Waals surface area contributed by atoms with Crippen LogP contribution in [0.4, 0.5) is 10.6 Å². The number of hydrogen-bond donors (Lipinski definition) is 1. The molecular weight excluding hydrogens is 588 g/mol. The lowest BCUT2D eigenvalue weighted by atomic mass is 9.98. The summed E-state index contributed by atoms with van der Waals surface area (Å²) in [6, 6.07) is 26.2. The molecule has 7 rings (SSSR count). The van der Waals surface area contributed by atoms with Gasteiger partial charge < -0.3 is 20.4 Å². The van der Waals surface area contributed by atoms with Crippen LogP contribution in [0.5, 0.6) is 0 Å². The molecule has 5 heterocycles. The number of aromatic nitrogens is 4. The molecule has 3 amide bonds. The van der Waals surface area contributed by atoms with E-state index < -0.39 is 0 Å². The van der Waals surface area contributed by atoms with Crippen LogP contribution in [0.15, 0.2) is 97.7 Å². The van der Waals surface area contributed by atoms with E-state index in [1.165, 1.54) is 11.6 Å². The van der Waals surface area contributed by atoms with Gasteiger partial charge in [-0.25, -0.2) is 19.7 Å². The molecule has 0 aliphatic carbocycles. The van der Waals surface area contributed by atoms with Gasteiger partial charge in [-0.15, -0.1) is 0 Å². The van der Waals surface area contributed by atoms with Crippen molar-refractivity contribution in [1.82, 2.24) is 34.2 Å². The summed E-state index contributed by atoms with van der Waals surface area (Å²) in [6.45, 7) is 9.98. The van der Waals surface area contributed by atoms with Crippen molar-refractivity contribution in [2.45, 2.75) is 38.3 Å². The molecule has 2 aliphatic rings. The Labute approximate surface area is 274 Å². The number of benzene rings is 2. The van der Waals surface area contributed by atoms with Gasteiger partial charge in [0.2, 0.25) is 5.91 Å². The third kappa shape index (κ3) is 5.60. The zero-order chi connectivity index (χ0) is 32.7. The zero-order valence-electron chi connectivity index (χ0n) is 26.7. The number of rotatable bonds is 5. The van der Waals surface area contributed by atoms with Crippen LogP contribution in [-0.4, -0.2) is 84.4 Å². The van der Waals surface area contributed by atoms with Crippen molar-refractivity contribution in [3.63, 3.8) is 0 Å². The second-order valence-corrected chi connectivity index (χ2v) is 12.5. The minimum absolute atomic E-state index is 0.0399. The van der Waals surface area contributed by atoms with Gasteiger partial charge >= 0.3 is 6.03 Å². The van der Waals surface area contributed by atoms with E-state index in [1.807, 2.05) is 82.8 Å². The molecule has 0 saturated carbocycles. The Morgan fingerprint density at radius 1 is 0.872 bits per heavy atom. The Morgan fingerprint density at radius 2 is 1.62 bits per heavy atom. The summed E-state index contributed by atoms with van der Waals surface area (Å²) in [6.07, 6.45) is 3.91. The van der Waals surface area contributed by atoms with E-state index in [4.69, 9.17) is 15.7 Å². The first kappa shape index (κ1) is 30.2. The van der Waals surface area contributed by atoms with E-state index >= 15 is 0 Å². The molecule has 3 aromatic heterocycles. The number of piperazine rings is 1. The number of imidazole rings is 1. The summed E-state index contributed by atoms with van der Waals surface area (Å²) in [7, 11) is 0. The second-order valence-electron chi connectivity index (χ2n) is 12.5. The van der Waals surface area contributed by atoms with E-state index in [0.29, 0.717) is 37.8 Å². The van der Waals surface area contributed by atoms with Crippen LogP contribution in [0, 0.1) is 0 Å². The summed E-state index contributed by atoms with van der Waals surface area (Å²) in [5.74, 6) is 1.21. The lowest BCUT2D eigenvalue weighted by molar-refractivity contribution is -0.131. The molecule has 0 radical (unpaired) electrons. The van der Waals surface area contributed by atoms with Crippen LogP contribution in [0.25, 0.3) is 39.5 Å². The number of pyridine rings is 2. The molecular formula is C37H38N8O2. The largest absolute Gasteiger partial charge is 0.383 e. The number of anilines is 1. The van der Waals surface area contributed by atoms with Crippen LogP contribution in [0.2, 0.25) is 0 Å². The number of carbonyl (C=O) groups excluding carboxylic acids is 2. The summed E-state index contributed by atoms with van der Waals surface area (Å²) in [4.78, 5) is 45.9. The maximum atomic E-state index is 13.6. The van der Waals surface area contributed by atoms with Crippen LogP contribution < -0.4 is 5.73 Å². The van der Waals surface area contributed by atoms with Gasteiger partial charge in [0.15, 0.2) is 11.5 Å². The molecule has 10 heteroatoms. The minimum Gasteiger partial charge on any atom is -0.383 e.